The van der Waals surface area contributed by atoms with Crippen molar-refractivity contribution in [3.63, 3.8) is 0 Å². The molecule has 92 valence electrons. The minimum atomic E-state index is -2.99. The van der Waals surface area contributed by atoms with Gasteiger partial charge < -0.3 is 5.73 Å². The van der Waals surface area contributed by atoms with Gasteiger partial charge in [-0.1, -0.05) is 6.42 Å². The van der Waals surface area contributed by atoms with Crippen LogP contribution < -0.4 is 5.73 Å². The molecule has 2 saturated carbocycles. The average molecular weight is 244 g/mol. The Bertz CT molecular complexity index is 391. The Morgan fingerprint density at radius 3 is 2.62 bits per heavy atom. The molecule has 1 heterocycles. The van der Waals surface area contributed by atoms with Crippen LogP contribution in [0.2, 0.25) is 0 Å². The van der Waals surface area contributed by atoms with E-state index in [-0.39, 0.29) is 16.7 Å². The molecule has 16 heavy (non-hydrogen) atoms. The molecule has 3 fully saturated rings. The Morgan fingerprint density at radius 2 is 2.00 bits per heavy atom. The molecule has 3 aliphatic rings. The summed E-state index contributed by atoms with van der Waals surface area (Å²) >= 11 is 0. The zero-order valence-corrected chi connectivity index (χ0v) is 10.4. The number of nitrogens with two attached hydrogens (primary N) is 1. The lowest BCUT2D eigenvalue weighted by atomic mass is 9.83. The fraction of sp³-hybridized carbons (Fsp3) is 1.00. The molecule has 0 aromatic heterocycles. The van der Waals surface area contributed by atoms with Gasteiger partial charge in [0.1, 0.15) is 0 Å². The number of fused-ring (bicyclic) bond motifs is 1. The first kappa shape index (κ1) is 11.0. The number of hydrogen-bond donors (Lipinski definition) is 1. The van der Waals surface area contributed by atoms with E-state index in [9.17, 15) is 8.42 Å². The lowest BCUT2D eigenvalue weighted by Gasteiger charge is -2.30. The number of nitrogens with zero attached hydrogens (tertiary/aromatic N) is 1. The van der Waals surface area contributed by atoms with Gasteiger partial charge in [-0.3, -0.25) is 0 Å². The Labute approximate surface area is 97.2 Å². The van der Waals surface area contributed by atoms with Gasteiger partial charge in [0.25, 0.3) is 0 Å². The molecular formula is C11H20N2O2S. The largest absolute Gasteiger partial charge is 0.330 e. The van der Waals surface area contributed by atoms with Crippen LogP contribution in [0.25, 0.3) is 0 Å². The molecule has 2 atom stereocenters. The summed E-state index contributed by atoms with van der Waals surface area (Å²) in [4.78, 5) is 0. The van der Waals surface area contributed by atoms with Gasteiger partial charge in [-0.15, -0.1) is 0 Å². The van der Waals surface area contributed by atoms with Crippen molar-refractivity contribution in [3.05, 3.63) is 0 Å². The van der Waals surface area contributed by atoms with Crippen LogP contribution in [0.4, 0.5) is 0 Å². The Morgan fingerprint density at radius 1 is 1.25 bits per heavy atom. The summed E-state index contributed by atoms with van der Waals surface area (Å²) in [6, 6.07) is 0.211. The fourth-order valence-electron chi connectivity index (χ4n) is 3.55. The van der Waals surface area contributed by atoms with Crippen LogP contribution in [0.15, 0.2) is 0 Å². The first-order valence-electron chi connectivity index (χ1n) is 6.31. The van der Waals surface area contributed by atoms with Crippen molar-refractivity contribution in [2.45, 2.75) is 49.8 Å². The zero-order valence-electron chi connectivity index (χ0n) is 9.56. The number of rotatable bonds is 3. The zero-order chi connectivity index (χ0) is 11.4. The third-order valence-electron chi connectivity index (χ3n) is 4.72. The fourth-order valence-corrected chi connectivity index (χ4v) is 5.70. The highest BCUT2D eigenvalue weighted by Gasteiger charge is 2.55. The van der Waals surface area contributed by atoms with E-state index in [4.69, 9.17) is 5.73 Å². The van der Waals surface area contributed by atoms with Gasteiger partial charge in [-0.25, -0.2) is 8.42 Å². The number of sulfonamides is 1. The molecule has 4 nitrogen and oxygen atoms in total. The summed E-state index contributed by atoms with van der Waals surface area (Å²) in [5.74, 6) is 0. The normalized spacial score (nSPS) is 40.2. The standard InChI is InChI=1S/C11H20N2O2S/c12-8-11-5-1-2-10(11)13(7-6-11)16(14,15)9-3-4-9/h9-10H,1-8,12H2/t10-,11-/m1/s1. The third kappa shape index (κ3) is 1.38. The van der Waals surface area contributed by atoms with E-state index in [0.29, 0.717) is 13.1 Å². The lowest BCUT2D eigenvalue weighted by molar-refractivity contribution is 0.256. The van der Waals surface area contributed by atoms with Crippen LogP contribution in [0, 0.1) is 5.41 Å². The molecule has 0 bridgehead atoms. The molecule has 0 aromatic carbocycles. The summed E-state index contributed by atoms with van der Waals surface area (Å²) in [6.07, 6.45) is 5.97. The van der Waals surface area contributed by atoms with E-state index >= 15 is 0 Å². The molecular weight excluding hydrogens is 224 g/mol. The highest BCUT2D eigenvalue weighted by molar-refractivity contribution is 7.90. The van der Waals surface area contributed by atoms with Crippen molar-refractivity contribution in [1.29, 1.82) is 0 Å². The molecule has 0 amide bonds. The lowest BCUT2D eigenvalue weighted by Crippen LogP contribution is -2.43. The van der Waals surface area contributed by atoms with Crippen LogP contribution in [-0.2, 0) is 10.0 Å². The van der Waals surface area contributed by atoms with Crippen molar-refractivity contribution in [2.24, 2.45) is 11.1 Å². The third-order valence-corrected chi connectivity index (χ3v) is 7.12. The predicted octanol–water partition coefficient (Wildman–Crippen LogP) is 0.682. The topological polar surface area (TPSA) is 63.4 Å². The maximum atomic E-state index is 12.3. The Hall–Kier alpha value is -0.130. The predicted molar refractivity (Wildman–Crippen MR) is 62.4 cm³/mol. The van der Waals surface area contributed by atoms with Crippen LogP contribution in [0.1, 0.15) is 38.5 Å². The average Bonchev–Trinajstić information content (AvgIpc) is 2.92. The molecule has 2 aliphatic carbocycles. The van der Waals surface area contributed by atoms with Gasteiger partial charge in [-0.05, 0) is 38.6 Å². The Kier molecular flexibility index (Phi) is 2.36. The first-order valence-corrected chi connectivity index (χ1v) is 7.81. The van der Waals surface area contributed by atoms with Crippen LogP contribution in [0.5, 0.6) is 0 Å². The van der Waals surface area contributed by atoms with Crippen molar-refractivity contribution in [1.82, 2.24) is 4.31 Å². The molecule has 1 saturated heterocycles. The second kappa shape index (κ2) is 3.43. The maximum Gasteiger partial charge on any atom is 0.217 e. The van der Waals surface area contributed by atoms with Crippen molar-refractivity contribution >= 4 is 10.0 Å². The van der Waals surface area contributed by atoms with Gasteiger partial charge in [-0.2, -0.15) is 4.31 Å². The van der Waals surface area contributed by atoms with Gasteiger partial charge in [0.2, 0.25) is 10.0 Å². The van der Waals surface area contributed by atoms with E-state index < -0.39 is 10.0 Å². The second-order valence-corrected chi connectivity index (χ2v) is 7.75. The molecule has 0 unspecified atom stereocenters. The quantitative estimate of drug-likeness (QED) is 0.794. The van der Waals surface area contributed by atoms with E-state index in [0.717, 1.165) is 38.5 Å². The van der Waals surface area contributed by atoms with E-state index in [1.165, 1.54) is 0 Å². The van der Waals surface area contributed by atoms with E-state index in [1.807, 2.05) is 0 Å². The summed E-state index contributed by atoms with van der Waals surface area (Å²) in [7, 11) is -2.99. The first-order chi connectivity index (χ1) is 7.60. The molecule has 3 rings (SSSR count). The van der Waals surface area contributed by atoms with Crippen molar-refractivity contribution in [3.8, 4) is 0 Å². The molecule has 0 radical (unpaired) electrons. The summed E-state index contributed by atoms with van der Waals surface area (Å²) in [6.45, 7) is 1.36. The van der Waals surface area contributed by atoms with Gasteiger partial charge in [0.05, 0.1) is 5.25 Å². The SMILES string of the molecule is NC[C@]12CCC[C@H]1N(S(=O)(=O)C1CC1)CC2. The van der Waals surface area contributed by atoms with Gasteiger partial charge in [0, 0.05) is 18.0 Å². The van der Waals surface area contributed by atoms with Crippen molar-refractivity contribution in [2.75, 3.05) is 13.1 Å². The van der Waals surface area contributed by atoms with E-state index in [2.05, 4.69) is 0 Å². The maximum absolute atomic E-state index is 12.3. The van der Waals surface area contributed by atoms with E-state index in [1.54, 1.807) is 4.31 Å². The second-order valence-electron chi connectivity index (χ2n) is 5.58. The molecule has 2 N–H and O–H groups in total. The van der Waals surface area contributed by atoms with Crippen LogP contribution >= 0.6 is 0 Å². The highest BCUT2D eigenvalue weighted by atomic mass is 32.2. The summed E-state index contributed by atoms with van der Waals surface area (Å²) in [5, 5.41) is -0.0679. The van der Waals surface area contributed by atoms with Crippen LogP contribution in [0.3, 0.4) is 0 Å². The highest BCUT2D eigenvalue weighted by Crippen LogP contribution is 2.50. The molecule has 0 aromatic rings. The summed E-state index contributed by atoms with van der Waals surface area (Å²) < 4.78 is 26.4. The number of hydrogen-bond acceptors (Lipinski definition) is 3. The minimum Gasteiger partial charge on any atom is -0.330 e. The van der Waals surface area contributed by atoms with Gasteiger partial charge >= 0.3 is 0 Å². The monoisotopic (exact) mass is 244 g/mol. The smallest absolute Gasteiger partial charge is 0.217 e. The minimum absolute atomic E-state index is 0.0679. The van der Waals surface area contributed by atoms with Crippen LogP contribution in [-0.4, -0.2) is 37.1 Å². The van der Waals surface area contributed by atoms with Gasteiger partial charge in [0.15, 0.2) is 0 Å². The molecule has 0 spiro atoms. The Balaban J connectivity index is 1.89. The molecule has 5 heteroatoms. The molecule has 1 aliphatic heterocycles. The van der Waals surface area contributed by atoms with Crippen molar-refractivity contribution < 1.29 is 8.42 Å². The summed E-state index contributed by atoms with van der Waals surface area (Å²) in [5.41, 5.74) is 6.00.